The maximum atomic E-state index is 10.8. The van der Waals surface area contributed by atoms with E-state index in [-0.39, 0.29) is 0 Å². The largest absolute Gasteiger partial charge is 0.465 e. The summed E-state index contributed by atoms with van der Waals surface area (Å²) in [5, 5.41) is 22.3. The highest BCUT2D eigenvalue weighted by Crippen LogP contribution is 2.19. The SMILES string of the molecule is CCC(NC(=O)O)C(NC(=O)O)c1ccccc1. The third-order valence-electron chi connectivity index (χ3n) is 2.59. The maximum absolute atomic E-state index is 10.8. The Morgan fingerprint density at radius 2 is 1.67 bits per heavy atom. The van der Waals surface area contributed by atoms with Crippen molar-refractivity contribution in [3.8, 4) is 0 Å². The minimum Gasteiger partial charge on any atom is -0.465 e. The molecule has 1 aromatic carbocycles. The highest BCUT2D eigenvalue weighted by atomic mass is 16.4. The van der Waals surface area contributed by atoms with Crippen LogP contribution < -0.4 is 10.6 Å². The van der Waals surface area contributed by atoms with Gasteiger partial charge in [-0.05, 0) is 12.0 Å². The Kier molecular flexibility index (Phi) is 4.98. The van der Waals surface area contributed by atoms with Crippen LogP contribution in [0.15, 0.2) is 30.3 Å². The van der Waals surface area contributed by atoms with Gasteiger partial charge in [0.05, 0.1) is 12.1 Å². The Bertz CT molecular complexity index is 408. The van der Waals surface area contributed by atoms with E-state index in [0.29, 0.717) is 6.42 Å². The number of carboxylic acid groups (broad SMARTS) is 2. The number of amides is 2. The van der Waals surface area contributed by atoms with Crippen LogP contribution in [-0.4, -0.2) is 28.4 Å². The fourth-order valence-corrected chi connectivity index (χ4v) is 1.79. The molecule has 0 aliphatic rings. The van der Waals surface area contributed by atoms with Gasteiger partial charge in [0, 0.05) is 0 Å². The second kappa shape index (κ2) is 6.48. The van der Waals surface area contributed by atoms with E-state index < -0.39 is 24.3 Å². The van der Waals surface area contributed by atoms with Gasteiger partial charge in [0.1, 0.15) is 0 Å². The summed E-state index contributed by atoms with van der Waals surface area (Å²) in [5.41, 5.74) is 0.723. The molecule has 2 amide bonds. The lowest BCUT2D eigenvalue weighted by atomic mass is 9.97. The molecule has 0 aliphatic carbocycles. The summed E-state index contributed by atoms with van der Waals surface area (Å²) in [7, 11) is 0. The minimum atomic E-state index is -1.19. The zero-order chi connectivity index (χ0) is 13.5. The van der Waals surface area contributed by atoms with E-state index in [1.165, 1.54) is 0 Å². The standard InChI is InChI=1S/C12H16N2O4/c1-2-9(13-11(15)16)10(14-12(17)18)8-6-4-3-5-7-8/h3-7,9-10,13-14H,2H2,1H3,(H,15,16)(H,17,18). The molecule has 2 unspecified atom stereocenters. The van der Waals surface area contributed by atoms with E-state index in [9.17, 15) is 9.59 Å². The van der Waals surface area contributed by atoms with Gasteiger partial charge in [-0.15, -0.1) is 0 Å². The van der Waals surface area contributed by atoms with Crippen molar-refractivity contribution in [2.24, 2.45) is 0 Å². The zero-order valence-electron chi connectivity index (χ0n) is 9.96. The van der Waals surface area contributed by atoms with Crippen molar-refractivity contribution in [1.29, 1.82) is 0 Å². The van der Waals surface area contributed by atoms with Crippen molar-refractivity contribution in [1.82, 2.24) is 10.6 Å². The molecule has 6 nitrogen and oxygen atoms in total. The lowest BCUT2D eigenvalue weighted by Gasteiger charge is -2.26. The summed E-state index contributed by atoms with van der Waals surface area (Å²) in [6, 6.07) is 7.76. The Morgan fingerprint density at radius 3 is 2.11 bits per heavy atom. The smallest absolute Gasteiger partial charge is 0.405 e. The predicted molar refractivity (Wildman–Crippen MR) is 65.6 cm³/mol. The molecule has 18 heavy (non-hydrogen) atoms. The van der Waals surface area contributed by atoms with Gasteiger partial charge in [-0.3, -0.25) is 0 Å². The molecular formula is C12H16N2O4. The highest BCUT2D eigenvalue weighted by Gasteiger charge is 2.24. The molecule has 1 aromatic rings. The Morgan fingerprint density at radius 1 is 1.11 bits per heavy atom. The Balaban J connectivity index is 2.96. The van der Waals surface area contributed by atoms with Gasteiger partial charge >= 0.3 is 12.2 Å². The molecule has 0 radical (unpaired) electrons. The topological polar surface area (TPSA) is 98.7 Å². The molecule has 2 atom stereocenters. The summed E-state index contributed by atoms with van der Waals surface area (Å²) in [5.74, 6) is 0. The Hall–Kier alpha value is -2.24. The predicted octanol–water partition coefficient (Wildman–Crippen LogP) is 2.04. The van der Waals surface area contributed by atoms with Gasteiger partial charge < -0.3 is 20.8 Å². The van der Waals surface area contributed by atoms with Crippen molar-refractivity contribution in [2.45, 2.75) is 25.4 Å². The van der Waals surface area contributed by atoms with Crippen LogP contribution in [0.2, 0.25) is 0 Å². The summed E-state index contributed by atoms with van der Waals surface area (Å²) in [6.45, 7) is 1.79. The van der Waals surface area contributed by atoms with Crippen molar-refractivity contribution in [3.05, 3.63) is 35.9 Å². The first-order valence-corrected chi connectivity index (χ1v) is 5.58. The second-order valence-corrected chi connectivity index (χ2v) is 3.80. The third-order valence-corrected chi connectivity index (χ3v) is 2.59. The monoisotopic (exact) mass is 252 g/mol. The van der Waals surface area contributed by atoms with Crippen LogP contribution in [0.4, 0.5) is 9.59 Å². The molecule has 0 heterocycles. The van der Waals surface area contributed by atoms with Crippen molar-refractivity contribution < 1.29 is 19.8 Å². The number of benzene rings is 1. The van der Waals surface area contributed by atoms with E-state index in [1.54, 1.807) is 31.2 Å². The molecule has 4 N–H and O–H groups in total. The normalized spacial score (nSPS) is 13.4. The third kappa shape index (κ3) is 3.97. The molecule has 0 bridgehead atoms. The van der Waals surface area contributed by atoms with Gasteiger partial charge in [0.25, 0.3) is 0 Å². The van der Waals surface area contributed by atoms with Gasteiger partial charge in [0.15, 0.2) is 0 Å². The van der Waals surface area contributed by atoms with E-state index in [4.69, 9.17) is 10.2 Å². The fraction of sp³-hybridized carbons (Fsp3) is 0.333. The van der Waals surface area contributed by atoms with Crippen molar-refractivity contribution in [2.75, 3.05) is 0 Å². The summed E-state index contributed by atoms with van der Waals surface area (Å²) in [4.78, 5) is 21.5. The van der Waals surface area contributed by atoms with Crippen molar-refractivity contribution >= 4 is 12.2 Å². The van der Waals surface area contributed by atoms with Crippen LogP contribution in [-0.2, 0) is 0 Å². The number of nitrogens with one attached hydrogen (secondary N) is 2. The summed E-state index contributed by atoms with van der Waals surface area (Å²) < 4.78 is 0. The molecular weight excluding hydrogens is 236 g/mol. The highest BCUT2D eigenvalue weighted by molar-refractivity contribution is 5.67. The lowest BCUT2D eigenvalue weighted by Crippen LogP contribution is -2.45. The van der Waals surface area contributed by atoms with Crippen LogP contribution in [0.5, 0.6) is 0 Å². The lowest BCUT2D eigenvalue weighted by molar-refractivity contribution is 0.175. The summed E-state index contributed by atoms with van der Waals surface area (Å²) >= 11 is 0. The van der Waals surface area contributed by atoms with Gasteiger partial charge in [-0.2, -0.15) is 0 Å². The first-order chi connectivity index (χ1) is 8.54. The molecule has 1 rings (SSSR count). The van der Waals surface area contributed by atoms with E-state index in [1.807, 2.05) is 6.07 Å². The second-order valence-electron chi connectivity index (χ2n) is 3.80. The van der Waals surface area contributed by atoms with E-state index in [0.717, 1.165) is 5.56 Å². The first-order valence-electron chi connectivity index (χ1n) is 5.58. The van der Waals surface area contributed by atoms with E-state index >= 15 is 0 Å². The van der Waals surface area contributed by atoms with Crippen LogP contribution in [0.3, 0.4) is 0 Å². The Labute approximate surface area is 105 Å². The quantitative estimate of drug-likeness (QED) is 0.644. The van der Waals surface area contributed by atoms with Crippen LogP contribution in [0, 0.1) is 0 Å². The molecule has 0 aromatic heterocycles. The van der Waals surface area contributed by atoms with Crippen LogP contribution in [0.1, 0.15) is 24.9 Å². The van der Waals surface area contributed by atoms with Crippen LogP contribution >= 0.6 is 0 Å². The molecule has 0 saturated heterocycles. The van der Waals surface area contributed by atoms with E-state index in [2.05, 4.69) is 10.6 Å². The molecule has 0 fully saturated rings. The number of hydrogen-bond donors (Lipinski definition) is 4. The molecule has 6 heteroatoms. The average molecular weight is 252 g/mol. The van der Waals surface area contributed by atoms with Gasteiger partial charge in [-0.1, -0.05) is 37.3 Å². The van der Waals surface area contributed by atoms with Crippen molar-refractivity contribution in [3.63, 3.8) is 0 Å². The maximum Gasteiger partial charge on any atom is 0.405 e. The molecule has 98 valence electrons. The van der Waals surface area contributed by atoms with Crippen LogP contribution in [0.25, 0.3) is 0 Å². The molecule has 0 saturated carbocycles. The molecule has 0 aliphatic heterocycles. The minimum absolute atomic E-state index is 0.478. The summed E-state index contributed by atoms with van der Waals surface area (Å²) in [6.07, 6.45) is -1.88. The fourth-order valence-electron chi connectivity index (χ4n) is 1.79. The number of carbonyl (C=O) groups is 2. The first kappa shape index (κ1) is 13.8. The van der Waals surface area contributed by atoms with Gasteiger partial charge in [-0.25, -0.2) is 9.59 Å². The zero-order valence-corrected chi connectivity index (χ0v) is 9.96. The number of rotatable bonds is 5. The average Bonchev–Trinajstić information content (AvgIpc) is 2.34. The number of hydrogen-bond acceptors (Lipinski definition) is 2. The molecule has 0 spiro atoms. The van der Waals surface area contributed by atoms with Gasteiger partial charge in [0.2, 0.25) is 0 Å².